The Bertz CT molecular complexity index is 319. The highest BCUT2D eigenvalue weighted by Gasteiger charge is 2.12. The smallest absolute Gasteiger partial charge is 0.0797 e. The van der Waals surface area contributed by atoms with E-state index in [-0.39, 0.29) is 6.10 Å². The normalized spacial score (nSPS) is 18.7. The van der Waals surface area contributed by atoms with Gasteiger partial charge in [0.2, 0.25) is 0 Å². The zero-order chi connectivity index (χ0) is 12.6. The van der Waals surface area contributed by atoms with Crippen molar-refractivity contribution in [2.24, 2.45) is 0 Å². The van der Waals surface area contributed by atoms with Gasteiger partial charge in [0.25, 0.3) is 0 Å². The molecule has 1 saturated carbocycles. The molecule has 0 heterocycles. The highest BCUT2D eigenvalue weighted by atomic mass is 16.5. The first-order chi connectivity index (χ1) is 8.86. The van der Waals surface area contributed by atoms with E-state index in [0.29, 0.717) is 0 Å². The molecule has 1 aromatic rings. The average molecular weight is 247 g/mol. The van der Waals surface area contributed by atoms with Gasteiger partial charge in [-0.15, -0.1) is 0 Å². The van der Waals surface area contributed by atoms with Gasteiger partial charge >= 0.3 is 0 Å². The summed E-state index contributed by atoms with van der Waals surface area (Å²) < 4.78 is 5.86. The first-order valence-corrected chi connectivity index (χ1v) is 7.26. The van der Waals surface area contributed by atoms with E-state index in [2.05, 4.69) is 36.5 Å². The van der Waals surface area contributed by atoms with Crippen LogP contribution in [0.4, 0.5) is 0 Å². The molecule has 2 heteroatoms. The molecule has 0 amide bonds. The predicted octanol–water partition coefficient (Wildman–Crippen LogP) is 3.69. The van der Waals surface area contributed by atoms with E-state index < -0.39 is 0 Å². The van der Waals surface area contributed by atoms with E-state index >= 15 is 0 Å². The fraction of sp³-hybridized carbons (Fsp3) is 0.625. The third-order valence-corrected chi connectivity index (χ3v) is 3.78. The second-order valence-electron chi connectivity index (χ2n) is 5.21. The molecule has 18 heavy (non-hydrogen) atoms. The van der Waals surface area contributed by atoms with E-state index in [9.17, 15) is 0 Å². The van der Waals surface area contributed by atoms with E-state index in [1.165, 1.54) is 37.7 Å². The lowest BCUT2D eigenvalue weighted by molar-refractivity contribution is 0.0657. The highest BCUT2D eigenvalue weighted by molar-refractivity contribution is 5.16. The number of benzene rings is 1. The van der Waals surface area contributed by atoms with Gasteiger partial charge in [-0.2, -0.15) is 0 Å². The van der Waals surface area contributed by atoms with Gasteiger partial charge in [-0.1, -0.05) is 49.6 Å². The number of nitrogens with one attached hydrogen (secondary N) is 1. The Labute approximate surface area is 111 Å². The first kappa shape index (κ1) is 13.6. The summed E-state index contributed by atoms with van der Waals surface area (Å²) in [4.78, 5) is 0. The van der Waals surface area contributed by atoms with Crippen LogP contribution in [-0.4, -0.2) is 19.2 Å². The average Bonchev–Trinajstić information content (AvgIpc) is 2.45. The molecule has 1 atom stereocenters. The Kier molecular flexibility index (Phi) is 5.69. The maximum absolute atomic E-state index is 5.86. The molecule has 1 unspecified atom stereocenters. The molecule has 1 aromatic carbocycles. The van der Waals surface area contributed by atoms with Crippen LogP contribution in [-0.2, 0) is 4.74 Å². The van der Waals surface area contributed by atoms with Crippen molar-refractivity contribution >= 4 is 0 Å². The third kappa shape index (κ3) is 4.43. The van der Waals surface area contributed by atoms with E-state index in [4.69, 9.17) is 4.74 Å². The van der Waals surface area contributed by atoms with Gasteiger partial charge in [0, 0.05) is 12.6 Å². The minimum Gasteiger partial charge on any atom is -0.373 e. The second-order valence-corrected chi connectivity index (χ2v) is 5.21. The minimum atomic E-state index is 0.194. The molecule has 0 spiro atoms. The van der Waals surface area contributed by atoms with Gasteiger partial charge < -0.3 is 10.1 Å². The van der Waals surface area contributed by atoms with Crippen LogP contribution < -0.4 is 5.32 Å². The Morgan fingerprint density at radius 1 is 1.17 bits per heavy atom. The van der Waals surface area contributed by atoms with Crippen LogP contribution in [0.2, 0.25) is 0 Å². The Morgan fingerprint density at radius 2 is 1.89 bits per heavy atom. The summed E-state index contributed by atoms with van der Waals surface area (Å²) in [7, 11) is 0. The van der Waals surface area contributed by atoms with E-state index in [1.54, 1.807) is 0 Å². The van der Waals surface area contributed by atoms with Gasteiger partial charge in [0.1, 0.15) is 0 Å². The molecule has 0 aliphatic heterocycles. The molecule has 0 bridgehead atoms. The topological polar surface area (TPSA) is 21.3 Å². The molecule has 1 aliphatic carbocycles. The molecule has 1 N–H and O–H groups in total. The zero-order valence-electron chi connectivity index (χ0n) is 11.4. The van der Waals surface area contributed by atoms with Gasteiger partial charge in [0.15, 0.2) is 0 Å². The van der Waals surface area contributed by atoms with Crippen molar-refractivity contribution in [1.82, 2.24) is 5.32 Å². The SMILES string of the molecule is CC(OCCNC1CCCCC1)c1ccccc1. The summed E-state index contributed by atoms with van der Waals surface area (Å²) in [6, 6.07) is 11.2. The lowest BCUT2D eigenvalue weighted by Crippen LogP contribution is -2.33. The van der Waals surface area contributed by atoms with Crippen LogP contribution in [0.25, 0.3) is 0 Å². The first-order valence-electron chi connectivity index (χ1n) is 7.26. The van der Waals surface area contributed by atoms with Crippen molar-refractivity contribution < 1.29 is 4.74 Å². The van der Waals surface area contributed by atoms with Crippen molar-refractivity contribution in [2.45, 2.75) is 51.2 Å². The molecular weight excluding hydrogens is 222 g/mol. The maximum Gasteiger partial charge on any atom is 0.0797 e. The Hall–Kier alpha value is -0.860. The van der Waals surface area contributed by atoms with Crippen molar-refractivity contribution in [3.63, 3.8) is 0 Å². The lowest BCUT2D eigenvalue weighted by atomic mass is 9.96. The molecule has 1 aliphatic rings. The molecule has 0 aromatic heterocycles. The highest BCUT2D eigenvalue weighted by Crippen LogP contribution is 2.18. The van der Waals surface area contributed by atoms with Crippen molar-refractivity contribution in [3.05, 3.63) is 35.9 Å². The Morgan fingerprint density at radius 3 is 2.61 bits per heavy atom. The summed E-state index contributed by atoms with van der Waals surface area (Å²) in [5.74, 6) is 0. The summed E-state index contributed by atoms with van der Waals surface area (Å²) in [6.07, 6.45) is 7.07. The molecule has 2 nitrogen and oxygen atoms in total. The Balaban J connectivity index is 1.60. The van der Waals surface area contributed by atoms with Crippen LogP contribution >= 0.6 is 0 Å². The largest absolute Gasteiger partial charge is 0.373 e. The van der Waals surface area contributed by atoms with Crippen molar-refractivity contribution in [3.8, 4) is 0 Å². The predicted molar refractivity (Wildman–Crippen MR) is 75.7 cm³/mol. The van der Waals surface area contributed by atoms with Crippen molar-refractivity contribution in [1.29, 1.82) is 0 Å². The third-order valence-electron chi connectivity index (χ3n) is 3.78. The van der Waals surface area contributed by atoms with E-state index in [0.717, 1.165) is 19.2 Å². The van der Waals surface area contributed by atoms with Gasteiger partial charge in [0.05, 0.1) is 12.7 Å². The van der Waals surface area contributed by atoms with Crippen LogP contribution in [0.1, 0.15) is 50.7 Å². The van der Waals surface area contributed by atoms with Crippen LogP contribution in [0.5, 0.6) is 0 Å². The van der Waals surface area contributed by atoms with E-state index in [1.807, 2.05) is 6.07 Å². The molecule has 100 valence electrons. The molecule has 2 rings (SSSR count). The molecule has 1 fully saturated rings. The fourth-order valence-electron chi connectivity index (χ4n) is 2.63. The molecule has 0 saturated heterocycles. The summed E-state index contributed by atoms with van der Waals surface area (Å²) in [5, 5.41) is 3.60. The van der Waals surface area contributed by atoms with Crippen LogP contribution in [0.3, 0.4) is 0 Å². The summed E-state index contributed by atoms with van der Waals surface area (Å²) in [5.41, 5.74) is 1.26. The van der Waals surface area contributed by atoms with Gasteiger partial charge in [-0.25, -0.2) is 0 Å². The molecular formula is C16H25NO. The van der Waals surface area contributed by atoms with Crippen molar-refractivity contribution in [2.75, 3.05) is 13.2 Å². The van der Waals surface area contributed by atoms with Crippen LogP contribution in [0, 0.1) is 0 Å². The number of rotatable bonds is 6. The second kappa shape index (κ2) is 7.55. The lowest BCUT2D eigenvalue weighted by Gasteiger charge is -2.23. The minimum absolute atomic E-state index is 0.194. The standard InChI is InChI=1S/C16H25NO/c1-14(15-8-4-2-5-9-15)18-13-12-17-16-10-6-3-7-11-16/h2,4-5,8-9,14,16-17H,3,6-7,10-13H2,1H3. The summed E-state index contributed by atoms with van der Waals surface area (Å²) >= 11 is 0. The fourth-order valence-corrected chi connectivity index (χ4v) is 2.63. The number of hydrogen-bond acceptors (Lipinski definition) is 2. The zero-order valence-corrected chi connectivity index (χ0v) is 11.4. The molecule has 0 radical (unpaired) electrons. The number of ether oxygens (including phenoxy) is 1. The van der Waals surface area contributed by atoms with Gasteiger partial charge in [-0.05, 0) is 25.3 Å². The van der Waals surface area contributed by atoms with Crippen LogP contribution in [0.15, 0.2) is 30.3 Å². The monoisotopic (exact) mass is 247 g/mol. The van der Waals surface area contributed by atoms with Gasteiger partial charge in [-0.3, -0.25) is 0 Å². The quantitative estimate of drug-likeness (QED) is 0.774. The number of hydrogen-bond donors (Lipinski definition) is 1. The summed E-state index contributed by atoms with van der Waals surface area (Å²) in [6.45, 7) is 3.89. The maximum atomic E-state index is 5.86.